The van der Waals surface area contributed by atoms with Gasteiger partial charge in [0.1, 0.15) is 0 Å². The summed E-state index contributed by atoms with van der Waals surface area (Å²) < 4.78 is 38.3. The highest BCUT2D eigenvalue weighted by Gasteiger charge is 2.42. The van der Waals surface area contributed by atoms with Crippen molar-refractivity contribution >= 4 is 11.4 Å². The SMILES string of the molecule is CC12CCCCC1=Nc1ccc(C(F)(F)F)cc12. The summed E-state index contributed by atoms with van der Waals surface area (Å²) in [5.74, 6) is 0. The fraction of sp³-hybridized carbons (Fsp3) is 0.500. The van der Waals surface area contributed by atoms with Gasteiger partial charge in [-0.2, -0.15) is 13.2 Å². The summed E-state index contributed by atoms with van der Waals surface area (Å²) in [7, 11) is 0. The molecule has 1 heterocycles. The summed E-state index contributed by atoms with van der Waals surface area (Å²) in [6, 6.07) is 3.93. The first-order valence-corrected chi connectivity index (χ1v) is 6.21. The smallest absolute Gasteiger partial charge is 0.257 e. The van der Waals surface area contributed by atoms with Crippen LogP contribution in [0.2, 0.25) is 0 Å². The Morgan fingerprint density at radius 3 is 2.72 bits per heavy atom. The van der Waals surface area contributed by atoms with Gasteiger partial charge in [-0.3, -0.25) is 4.99 Å². The third kappa shape index (κ3) is 1.58. The number of nitrogens with zero attached hydrogens (tertiary/aromatic N) is 1. The number of benzene rings is 1. The molecule has 96 valence electrons. The average molecular weight is 253 g/mol. The van der Waals surface area contributed by atoms with Crippen molar-refractivity contribution in [3.63, 3.8) is 0 Å². The van der Waals surface area contributed by atoms with E-state index < -0.39 is 11.7 Å². The van der Waals surface area contributed by atoms with Crippen molar-refractivity contribution in [3.05, 3.63) is 29.3 Å². The van der Waals surface area contributed by atoms with Gasteiger partial charge < -0.3 is 0 Å². The first-order chi connectivity index (χ1) is 8.41. The summed E-state index contributed by atoms with van der Waals surface area (Å²) in [5.41, 5.74) is 1.71. The maximum Gasteiger partial charge on any atom is 0.416 e. The average Bonchev–Trinajstić information content (AvgIpc) is 2.60. The molecule has 0 radical (unpaired) electrons. The lowest BCUT2D eigenvalue weighted by molar-refractivity contribution is -0.137. The van der Waals surface area contributed by atoms with Gasteiger partial charge in [0, 0.05) is 11.1 Å². The monoisotopic (exact) mass is 253 g/mol. The van der Waals surface area contributed by atoms with Gasteiger partial charge in [-0.05, 0) is 43.0 Å². The molecule has 1 aliphatic heterocycles. The van der Waals surface area contributed by atoms with Gasteiger partial charge in [0.25, 0.3) is 0 Å². The fourth-order valence-electron chi connectivity index (χ4n) is 3.06. The Balaban J connectivity index is 2.11. The molecule has 0 saturated heterocycles. The molecule has 1 aliphatic carbocycles. The van der Waals surface area contributed by atoms with Crippen molar-refractivity contribution in [2.45, 2.75) is 44.2 Å². The molecule has 18 heavy (non-hydrogen) atoms. The zero-order valence-corrected chi connectivity index (χ0v) is 10.1. The molecule has 1 nitrogen and oxygen atoms in total. The van der Waals surface area contributed by atoms with E-state index in [0.717, 1.165) is 48.7 Å². The van der Waals surface area contributed by atoms with Crippen molar-refractivity contribution < 1.29 is 13.2 Å². The Labute approximate surface area is 104 Å². The summed E-state index contributed by atoms with van der Waals surface area (Å²) in [5, 5.41) is 0. The molecule has 0 aromatic heterocycles. The molecule has 0 amide bonds. The van der Waals surface area contributed by atoms with E-state index >= 15 is 0 Å². The van der Waals surface area contributed by atoms with Gasteiger partial charge in [-0.15, -0.1) is 0 Å². The van der Waals surface area contributed by atoms with E-state index in [4.69, 9.17) is 0 Å². The molecule has 4 heteroatoms. The van der Waals surface area contributed by atoms with Crippen LogP contribution < -0.4 is 0 Å². The first-order valence-electron chi connectivity index (χ1n) is 6.21. The molecule has 1 saturated carbocycles. The highest BCUT2D eigenvalue weighted by molar-refractivity contribution is 6.02. The maximum atomic E-state index is 12.8. The van der Waals surface area contributed by atoms with Crippen LogP contribution in [0, 0.1) is 0 Å². The van der Waals surface area contributed by atoms with Crippen molar-refractivity contribution in [1.29, 1.82) is 0 Å². The molecular weight excluding hydrogens is 239 g/mol. The molecule has 0 spiro atoms. The molecule has 1 aromatic rings. The Kier molecular flexibility index (Phi) is 2.34. The number of aliphatic imine (C=N–C) groups is 1. The van der Waals surface area contributed by atoms with Crippen molar-refractivity contribution in [3.8, 4) is 0 Å². The van der Waals surface area contributed by atoms with Gasteiger partial charge in [0.05, 0.1) is 11.3 Å². The van der Waals surface area contributed by atoms with Gasteiger partial charge in [-0.25, -0.2) is 0 Å². The second-order valence-electron chi connectivity index (χ2n) is 5.33. The molecule has 3 rings (SSSR count). The lowest BCUT2D eigenvalue weighted by Gasteiger charge is -2.32. The number of halogens is 3. The van der Waals surface area contributed by atoms with Crippen LogP contribution in [0.1, 0.15) is 43.7 Å². The fourth-order valence-corrected chi connectivity index (χ4v) is 3.06. The minimum atomic E-state index is -4.27. The van der Waals surface area contributed by atoms with Crippen LogP contribution in [0.3, 0.4) is 0 Å². The number of fused-ring (bicyclic) bond motifs is 3. The van der Waals surface area contributed by atoms with E-state index in [0.29, 0.717) is 0 Å². The Hall–Kier alpha value is -1.32. The minimum absolute atomic E-state index is 0.269. The molecule has 0 N–H and O–H groups in total. The van der Waals surface area contributed by atoms with Gasteiger partial charge in [0.2, 0.25) is 0 Å². The predicted molar refractivity (Wildman–Crippen MR) is 64.4 cm³/mol. The highest BCUT2D eigenvalue weighted by Crippen LogP contribution is 2.48. The molecule has 2 aliphatic rings. The predicted octanol–water partition coefficient (Wildman–Crippen LogP) is 4.62. The molecule has 0 bridgehead atoms. The zero-order valence-electron chi connectivity index (χ0n) is 10.1. The van der Waals surface area contributed by atoms with E-state index in [-0.39, 0.29) is 5.41 Å². The van der Waals surface area contributed by atoms with Gasteiger partial charge in [-0.1, -0.05) is 13.3 Å². The highest BCUT2D eigenvalue weighted by atomic mass is 19.4. The second-order valence-corrected chi connectivity index (χ2v) is 5.33. The van der Waals surface area contributed by atoms with Crippen LogP contribution in [-0.4, -0.2) is 5.71 Å². The molecular formula is C14H14F3N. The van der Waals surface area contributed by atoms with Crippen molar-refractivity contribution in [1.82, 2.24) is 0 Å². The summed E-state index contributed by atoms with van der Waals surface area (Å²) in [4.78, 5) is 4.52. The van der Waals surface area contributed by atoms with E-state index in [2.05, 4.69) is 4.99 Å². The van der Waals surface area contributed by atoms with Gasteiger partial charge in [0.15, 0.2) is 0 Å². The van der Waals surface area contributed by atoms with E-state index in [1.165, 1.54) is 12.1 Å². The van der Waals surface area contributed by atoms with Crippen molar-refractivity contribution in [2.75, 3.05) is 0 Å². The topological polar surface area (TPSA) is 12.4 Å². The number of alkyl halides is 3. The number of hydrogen-bond donors (Lipinski definition) is 0. The van der Waals surface area contributed by atoms with E-state index in [1.807, 2.05) is 6.92 Å². The van der Waals surface area contributed by atoms with E-state index in [9.17, 15) is 13.2 Å². The molecule has 1 aromatic carbocycles. The van der Waals surface area contributed by atoms with Crippen LogP contribution in [0.5, 0.6) is 0 Å². The summed E-state index contributed by atoms with van der Waals surface area (Å²) in [6.45, 7) is 2.02. The van der Waals surface area contributed by atoms with Crippen LogP contribution in [0.4, 0.5) is 18.9 Å². The number of hydrogen-bond acceptors (Lipinski definition) is 1. The van der Waals surface area contributed by atoms with Gasteiger partial charge >= 0.3 is 6.18 Å². The van der Waals surface area contributed by atoms with Crippen LogP contribution >= 0.6 is 0 Å². The normalized spacial score (nSPS) is 26.6. The summed E-state index contributed by atoms with van der Waals surface area (Å²) in [6.07, 6.45) is -0.310. The Bertz CT molecular complexity index is 530. The number of rotatable bonds is 0. The van der Waals surface area contributed by atoms with Crippen LogP contribution in [0.25, 0.3) is 0 Å². The maximum absolute atomic E-state index is 12.8. The largest absolute Gasteiger partial charge is 0.416 e. The molecule has 1 unspecified atom stereocenters. The Morgan fingerprint density at radius 2 is 2.00 bits per heavy atom. The summed E-state index contributed by atoms with van der Waals surface area (Å²) >= 11 is 0. The second kappa shape index (κ2) is 3.59. The minimum Gasteiger partial charge on any atom is -0.257 e. The van der Waals surface area contributed by atoms with Crippen LogP contribution in [0.15, 0.2) is 23.2 Å². The lowest BCUT2D eigenvalue weighted by atomic mass is 9.70. The standard InChI is InChI=1S/C14H14F3N/c1-13-7-3-2-4-12(13)18-11-6-5-9(8-10(11)13)14(15,16)17/h5-6,8H,2-4,7H2,1H3. The lowest BCUT2D eigenvalue weighted by Crippen LogP contribution is -2.32. The Morgan fingerprint density at radius 1 is 1.22 bits per heavy atom. The quantitative estimate of drug-likeness (QED) is 0.639. The molecule has 1 fully saturated rings. The molecule has 1 atom stereocenters. The van der Waals surface area contributed by atoms with Crippen molar-refractivity contribution in [2.24, 2.45) is 4.99 Å². The third-order valence-corrected chi connectivity index (χ3v) is 4.15. The zero-order chi connectivity index (χ0) is 13.0. The third-order valence-electron chi connectivity index (χ3n) is 4.15. The first kappa shape index (κ1) is 11.8. The van der Waals surface area contributed by atoms with Crippen LogP contribution in [-0.2, 0) is 11.6 Å². The van der Waals surface area contributed by atoms with E-state index in [1.54, 1.807) is 0 Å².